The molecular weight excluding hydrogens is 366 g/mol. The lowest BCUT2D eigenvalue weighted by Crippen LogP contribution is -2.41. The summed E-state index contributed by atoms with van der Waals surface area (Å²) in [6.07, 6.45) is 0. The molecule has 28 heavy (non-hydrogen) atoms. The molecule has 8 heteroatoms. The minimum Gasteiger partial charge on any atom is -0.319 e. The average molecular weight is 382 g/mol. The monoisotopic (exact) mass is 382 g/mol. The number of nitrogens with one attached hydrogen (secondary N) is 1. The molecule has 2 heterocycles. The summed E-state index contributed by atoms with van der Waals surface area (Å²) in [7, 11) is 0. The van der Waals surface area contributed by atoms with Gasteiger partial charge in [0.05, 0.1) is 29.0 Å². The van der Waals surface area contributed by atoms with Gasteiger partial charge in [0.15, 0.2) is 0 Å². The fraction of sp³-hybridized carbons (Fsp3) is 0.200. The van der Waals surface area contributed by atoms with Crippen LogP contribution >= 0.6 is 0 Å². The van der Waals surface area contributed by atoms with E-state index in [0.717, 1.165) is 23.1 Å². The lowest BCUT2D eigenvalue weighted by atomic mass is 9.91. The Morgan fingerprint density at radius 1 is 1.07 bits per heavy atom. The number of imide groups is 1. The zero-order chi connectivity index (χ0) is 20.1. The third-order valence-corrected chi connectivity index (χ3v) is 4.89. The highest BCUT2D eigenvalue weighted by atomic mass is 19.1. The van der Waals surface area contributed by atoms with Gasteiger partial charge in [0, 0.05) is 5.56 Å². The number of nitrogens with zero attached hydrogens (tertiary/aromatic N) is 3. The van der Waals surface area contributed by atoms with Crippen molar-refractivity contribution < 1.29 is 18.4 Å². The lowest BCUT2D eigenvalue weighted by Gasteiger charge is -2.23. The second kappa shape index (κ2) is 6.33. The summed E-state index contributed by atoms with van der Waals surface area (Å²) >= 11 is 0. The van der Waals surface area contributed by atoms with E-state index < -0.39 is 29.1 Å². The van der Waals surface area contributed by atoms with Crippen molar-refractivity contribution in [2.45, 2.75) is 25.9 Å². The Hall–Kier alpha value is -3.42. The Morgan fingerprint density at radius 3 is 2.46 bits per heavy atom. The van der Waals surface area contributed by atoms with E-state index in [0.29, 0.717) is 22.4 Å². The van der Waals surface area contributed by atoms with Crippen LogP contribution in [-0.4, -0.2) is 26.8 Å². The number of para-hydroxylation sites is 2. The number of aryl methyl sites for hydroxylation is 1. The highest BCUT2D eigenvalue weighted by Crippen LogP contribution is 2.32. The van der Waals surface area contributed by atoms with Crippen LogP contribution in [-0.2, 0) is 16.9 Å². The molecule has 0 radical (unpaired) electrons. The van der Waals surface area contributed by atoms with Crippen LogP contribution in [0.1, 0.15) is 23.9 Å². The molecule has 4 rings (SSSR count). The maximum absolute atomic E-state index is 14.2. The van der Waals surface area contributed by atoms with Gasteiger partial charge in [-0.25, -0.2) is 23.5 Å². The fourth-order valence-electron chi connectivity index (χ4n) is 3.33. The molecule has 1 N–H and O–H groups in total. The average Bonchev–Trinajstić information content (AvgIpc) is 2.88. The van der Waals surface area contributed by atoms with Crippen molar-refractivity contribution in [1.29, 1.82) is 0 Å². The first-order valence-electron chi connectivity index (χ1n) is 8.61. The topological polar surface area (TPSA) is 75.2 Å². The molecule has 3 amide bonds. The summed E-state index contributed by atoms with van der Waals surface area (Å²) in [5, 5.41) is 2.47. The van der Waals surface area contributed by atoms with Gasteiger partial charge in [-0.1, -0.05) is 12.1 Å². The highest BCUT2D eigenvalue weighted by molar-refractivity contribution is 6.07. The third-order valence-electron chi connectivity index (χ3n) is 4.89. The van der Waals surface area contributed by atoms with Crippen LogP contribution in [0.2, 0.25) is 0 Å². The molecule has 1 saturated heterocycles. The van der Waals surface area contributed by atoms with E-state index in [2.05, 4.69) is 15.3 Å². The largest absolute Gasteiger partial charge is 0.325 e. The molecule has 1 aromatic heterocycles. The van der Waals surface area contributed by atoms with Crippen LogP contribution in [0.15, 0.2) is 42.5 Å². The van der Waals surface area contributed by atoms with Crippen molar-refractivity contribution >= 4 is 23.0 Å². The van der Waals surface area contributed by atoms with Crippen molar-refractivity contribution in [1.82, 2.24) is 20.2 Å². The minimum atomic E-state index is -1.71. The molecule has 6 nitrogen and oxygen atoms in total. The van der Waals surface area contributed by atoms with Crippen LogP contribution in [0.25, 0.3) is 11.0 Å². The molecule has 0 bridgehead atoms. The number of aromatic nitrogens is 2. The maximum atomic E-state index is 14.2. The summed E-state index contributed by atoms with van der Waals surface area (Å²) in [6, 6.07) is 9.34. The van der Waals surface area contributed by atoms with E-state index in [4.69, 9.17) is 0 Å². The number of halogens is 2. The molecule has 2 aromatic carbocycles. The van der Waals surface area contributed by atoms with E-state index in [1.165, 1.54) is 6.92 Å². The van der Waals surface area contributed by atoms with E-state index in [1.54, 1.807) is 13.0 Å². The molecule has 0 spiro atoms. The SMILES string of the molecule is Cc1nc2ccccc2nc1CN1C(=O)NC(C)(c2cc(F)ccc2F)C1=O. The van der Waals surface area contributed by atoms with Crippen LogP contribution in [0.3, 0.4) is 0 Å². The molecule has 0 saturated carbocycles. The summed E-state index contributed by atoms with van der Waals surface area (Å²) in [5.41, 5.74) is 0.425. The number of benzene rings is 2. The van der Waals surface area contributed by atoms with Crippen molar-refractivity contribution in [3.8, 4) is 0 Å². The predicted octanol–water partition coefficient (Wildman–Crippen LogP) is 3.18. The van der Waals surface area contributed by atoms with Gasteiger partial charge < -0.3 is 5.32 Å². The Balaban J connectivity index is 1.70. The van der Waals surface area contributed by atoms with Crippen molar-refractivity contribution in [3.05, 3.63) is 71.1 Å². The van der Waals surface area contributed by atoms with Crippen LogP contribution in [0.5, 0.6) is 0 Å². The second-order valence-electron chi connectivity index (χ2n) is 6.82. The summed E-state index contributed by atoms with van der Waals surface area (Å²) in [5.74, 6) is -2.16. The predicted molar refractivity (Wildman–Crippen MR) is 97.1 cm³/mol. The molecule has 3 aromatic rings. The number of rotatable bonds is 3. The fourth-order valence-corrected chi connectivity index (χ4v) is 3.33. The molecule has 1 fully saturated rings. The zero-order valence-electron chi connectivity index (χ0n) is 15.2. The summed E-state index contributed by atoms with van der Waals surface area (Å²) in [4.78, 5) is 35.3. The molecule has 142 valence electrons. The molecule has 1 aliphatic rings. The van der Waals surface area contributed by atoms with Gasteiger partial charge in [-0.2, -0.15) is 0 Å². The molecule has 1 aliphatic heterocycles. The first kappa shape index (κ1) is 18.0. The van der Waals surface area contributed by atoms with Crippen LogP contribution in [0.4, 0.5) is 13.6 Å². The Morgan fingerprint density at radius 2 is 1.75 bits per heavy atom. The number of amides is 3. The number of fused-ring (bicyclic) bond motifs is 1. The van der Waals surface area contributed by atoms with E-state index >= 15 is 0 Å². The third kappa shape index (κ3) is 2.77. The van der Waals surface area contributed by atoms with E-state index in [9.17, 15) is 18.4 Å². The van der Waals surface area contributed by atoms with E-state index in [-0.39, 0.29) is 12.1 Å². The quantitative estimate of drug-likeness (QED) is 0.706. The van der Waals surface area contributed by atoms with Gasteiger partial charge in [-0.15, -0.1) is 0 Å². The summed E-state index contributed by atoms with van der Waals surface area (Å²) in [6.45, 7) is 2.96. The van der Waals surface area contributed by atoms with Gasteiger partial charge in [-0.3, -0.25) is 9.69 Å². The zero-order valence-corrected chi connectivity index (χ0v) is 15.2. The number of carbonyl (C=O) groups is 2. The number of hydrogen-bond donors (Lipinski definition) is 1. The number of urea groups is 1. The second-order valence-corrected chi connectivity index (χ2v) is 6.82. The molecular formula is C20H16F2N4O2. The van der Waals surface area contributed by atoms with Gasteiger partial charge in [-0.05, 0) is 44.2 Å². The Bertz CT molecular complexity index is 1130. The number of carbonyl (C=O) groups excluding carboxylic acids is 2. The lowest BCUT2D eigenvalue weighted by molar-refractivity contribution is -0.131. The van der Waals surface area contributed by atoms with Gasteiger partial charge in [0.25, 0.3) is 5.91 Å². The molecule has 1 unspecified atom stereocenters. The van der Waals surface area contributed by atoms with Crippen molar-refractivity contribution in [2.24, 2.45) is 0 Å². The van der Waals surface area contributed by atoms with Crippen LogP contribution < -0.4 is 5.32 Å². The molecule has 0 aliphatic carbocycles. The highest BCUT2D eigenvalue weighted by Gasteiger charge is 2.50. The maximum Gasteiger partial charge on any atom is 0.325 e. The molecule has 1 atom stereocenters. The Labute approximate surface area is 159 Å². The van der Waals surface area contributed by atoms with Gasteiger partial charge in [0.2, 0.25) is 0 Å². The Kier molecular flexibility index (Phi) is 4.06. The first-order valence-corrected chi connectivity index (χ1v) is 8.61. The minimum absolute atomic E-state index is 0.124. The van der Waals surface area contributed by atoms with Crippen molar-refractivity contribution in [2.75, 3.05) is 0 Å². The standard InChI is InChI=1S/C20H16F2N4O2/c1-11-17(24-16-6-4-3-5-15(16)23-11)10-26-18(27)20(2,25-19(26)28)13-9-12(21)7-8-14(13)22/h3-9H,10H2,1-2H3,(H,25,28). The first-order chi connectivity index (χ1) is 13.3. The van der Waals surface area contributed by atoms with Gasteiger partial charge in [0.1, 0.15) is 17.2 Å². The number of hydrogen-bond acceptors (Lipinski definition) is 4. The normalized spacial score (nSPS) is 19.4. The smallest absolute Gasteiger partial charge is 0.319 e. The van der Waals surface area contributed by atoms with Crippen LogP contribution in [0, 0.1) is 18.6 Å². The van der Waals surface area contributed by atoms with E-state index in [1.807, 2.05) is 18.2 Å². The summed E-state index contributed by atoms with van der Waals surface area (Å²) < 4.78 is 27.9. The van der Waals surface area contributed by atoms with Crippen molar-refractivity contribution in [3.63, 3.8) is 0 Å². The van der Waals surface area contributed by atoms with Gasteiger partial charge >= 0.3 is 6.03 Å².